The zero-order valence-corrected chi connectivity index (χ0v) is 24.1. The lowest BCUT2D eigenvalue weighted by Crippen LogP contribution is -2.43. The van der Waals surface area contributed by atoms with Gasteiger partial charge in [0, 0.05) is 18.7 Å². The smallest absolute Gasteiger partial charge is 0.333 e. The monoisotopic (exact) mass is 485 g/mol. The molecule has 1 saturated heterocycles. The zero-order valence-electron chi connectivity index (χ0n) is 24.1. The molecule has 0 aromatic rings. The van der Waals surface area contributed by atoms with Gasteiger partial charge in [0.05, 0.1) is 19.2 Å². The van der Waals surface area contributed by atoms with Crippen LogP contribution in [0.2, 0.25) is 0 Å². The number of esters is 1. The predicted molar refractivity (Wildman–Crippen MR) is 144 cm³/mol. The Morgan fingerprint density at radius 3 is 1.88 bits per heavy atom. The number of likely N-dealkylation sites (N-methyl/N-ethyl adjacent to an activating group) is 1. The lowest BCUT2D eigenvalue weighted by molar-refractivity contribution is -0.138. The minimum atomic E-state index is -0.384. The third-order valence-electron chi connectivity index (χ3n) is 5.00. The van der Waals surface area contributed by atoms with Gasteiger partial charge in [-0.2, -0.15) is 0 Å². The number of nitrogens with zero attached hydrogens (tertiary/aromatic N) is 2. The van der Waals surface area contributed by atoms with Crippen LogP contribution < -0.4 is 5.32 Å². The van der Waals surface area contributed by atoms with Gasteiger partial charge < -0.3 is 19.9 Å². The second-order valence-corrected chi connectivity index (χ2v) is 8.71. The van der Waals surface area contributed by atoms with Gasteiger partial charge in [0.2, 0.25) is 12.3 Å². The minimum Gasteiger partial charge on any atom is -0.463 e. The quantitative estimate of drug-likeness (QED) is 0.281. The van der Waals surface area contributed by atoms with Crippen LogP contribution in [0.25, 0.3) is 0 Å². The molecule has 0 saturated carbocycles. The zero-order chi connectivity index (χ0) is 27.1. The molecule has 202 valence electrons. The van der Waals surface area contributed by atoms with Crippen molar-refractivity contribution < 1.29 is 19.1 Å². The van der Waals surface area contributed by atoms with Crippen LogP contribution in [0.5, 0.6) is 0 Å². The standard InChI is InChI=1S/C14H24N2O4.C8H17N.C3H8.C2H6/c1-6-20-14(19)11(4)7-12(10(2)3)16(5)13(18)8-15-9-17;1-8(2)9-6-4-3-5-7-9;1-3-2;1-2/h7,9-10,12H,6,8H2,1-5H3,(H,15,17);8H,3-7H2,1-2H3;3H2,1-2H3;1-2H3/b11-7+;;;/t12-;;;/m1.../s1. The number of likely N-dealkylation sites (tertiary alicyclic amines) is 1. The number of carbonyl (C=O) groups is 3. The highest BCUT2D eigenvalue weighted by Crippen LogP contribution is 2.14. The molecule has 2 amide bonds. The number of hydrogen-bond acceptors (Lipinski definition) is 5. The van der Waals surface area contributed by atoms with Gasteiger partial charge in [-0.25, -0.2) is 4.79 Å². The maximum Gasteiger partial charge on any atom is 0.333 e. The summed E-state index contributed by atoms with van der Waals surface area (Å²) in [6, 6.07) is 0.533. The fraction of sp³-hybridized carbons (Fsp3) is 0.815. The summed E-state index contributed by atoms with van der Waals surface area (Å²) in [5, 5.41) is 2.34. The van der Waals surface area contributed by atoms with E-state index in [2.05, 4.69) is 37.9 Å². The molecule has 0 bridgehead atoms. The first-order valence-corrected chi connectivity index (χ1v) is 13.1. The van der Waals surface area contributed by atoms with Crippen molar-refractivity contribution in [1.29, 1.82) is 0 Å². The second-order valence-electron chi connectivity index (χ2n) is 8.71. The maximum absolute atomic E-state index is 11.9. The van der Waals surface area contributed by atoms with E-state index < -0.39 is 0 Å². The number of piperidine rings is 1. The first-order chi connectivity index (χ1) is 16.1. The Morgan fingerprint density at radius 1 is 1.03 bits per heavy atom. The first kappa shape index (κ1) is 36.7. The summed E-state index contributed by atoms with van der Waals surface area (Å²) in [7, 11) is 1.65. The summed E-state index contributed by atoms with van der Waals surface area (Å²) >= 11 is 0. The molecule has 0 aromatic carbocycles. The van der Waals surface area contributed by atoms with Gasteiger partial charge >= 0.3 is 5.97 Å². The van der Waals surface area contributed by atoms with Crippen LogP contribution in [-0.2, 0) is 19.1 Å². The van der Waals surface area contributed by atoms with Crippen LogP contribution in [-0.4, -0.2) is 73.5 Å². The average molecular weight is 486 g/mol. The number of amides is 2. The lowest BCUT2D eigenvalue weighted by Gasteiger charge is -2.29. The molecule has 1 atom stereocenters. The molecule has 0 aromatic heterocycles. The Bertz CT molecular complexity index is 542. The Balaban J connectivity index is -0.000000562. The van der Waals surface area contributed by atoms with Crippen LogP contribution in [0.15, 0.2) is 11.6 Å². The Morgan fingerprint density at radius 2 is 1.53 bits per heavy atom. The fourth-order valence-corrected chi connectivity index (χ4v) is 3.18. The Labute approximate surface area is 210 Å². The van der Waals surface area contributed by atoms with Gasteiger partial charge in [0.1, 0.15) is 0 Å². The van der Waals surface area contributed by atoms with Crippen molar-refractivity contribution in [3.63, 3.8) is 0 Å². The molecule has 1 heterocycles. The molecule has 0 radical (unpaired) electrons. The van der Waals surface area contributed by atoms with E-state index in [9.17, 15) is 14.4 Å². The molecule has 1 rings (SSSR count). The number of carbonyl (C=O) groups excluding carboxylic acids is 3. The maximum atomic E-state index is 11.9. The molecule has 7 heteroatoms. The molecule has 34 heavy (non-hydrogen) atoms. The summed E-state index contributed by atoms with van der Waals surface area (Å²) in [5.41, 5.74) is 0.466. The summed E-state index contributed by atoms with van der Waals surface area (Å²) in [6.07, 6.45) is 7.73. The second kappa shape index (κ2) is 24.2. The number of ether oxygens (including phenoxy) is 1. The summed E-state index contributed by atoms with van der Waals surface area (Å²) in [6.45, 7) is 23.0. The number of rotatable bonds is 9. The molecule has 1 aliphatic rings. The van der Waals surface area contributed by atoms with E-state index >= 15 is 0 Å². The normalized spacial score (nSPS) is 14.3. The van der Waals surface area contributed by atoms with Gasteiger partial charge in [-0.3, -0.25) is 9.59 Å². The Hall–Kier alpha value is -1.89. The molecule has 1 fully saturated rings. The van der Waals surface area contributed by atoms with Crippen molar-refractivity contribution in [2.24, 2.45) is 5.92 Å². The highest BCUT2D eigenvalue weighted by molar-refractivity contribution is 5.88. The minimum absolute atomic E-state index is 0.0600. The van der Waals surface area contributed by atoms with Crippen LogP contribution in [0.3, 0.4) is 0 Å². The first-order valence-electron chi connectivity index (χ1n) is 13.1. The third-order valence-corrected chi connectivity index (χ3v) is 5.00. The van der Waals surface area contributed by atoms with Crippen molar-refractivity contribution in [2.45, 2.75) is 107 Å². The lowest BCUT2D eigenvalue weighted by atomic mass is 10.00. The topological polar surface area (TPSA) is 79.0 Å². The molecule has 0 spiro atoms. The molecule has 0 unspecified atom stereocenters. The van der Waals surface area contributed by atoms with Gasteiger partial charge in [-0.15, -0.1) is 0 Å². The SMILES string of the molecule is CC.CC(C)N1CCCCC1.CCC.CCOC(=O)/C(C)=C/[C@H](C(C)C)N(C)C(=O)CNC=O. The highest BCUT2D eigenvalue weighted by Gasteiger charge is 2.22. The molecule has 1 N–H and O–H groups in total. The van der Waals surface area contributed by atoms with E-state index in [1.807, 2.05) is 27.7 Å². The van der Waals surface area contributed by atoms with E-state index in [1.54, 1.807) is 27.0 Å². The molecular formula is C27H55N3O4. The van der Waals surface area contributed by atoms with Crippen molar-refractivity contribution in [3.8, 4) is 0 Å². The van der Waals surface area contributed by atoms with Crippen molar-refractivity contribution >= 4 is 18.3 Å². The van der Waals surface area contributed by atoms with E-state index in [-0.39, 0.29) is 30.4 Å². The summed E-state index contributed by atoms with van der Waals surface area (Å²) in [4.78, 5) is 37.8. The van der Waals surface area contributed by atoms with Crippen LogP contribution in [0, 0.1) is 5.92 Å². The van der Waals surface area contributed by atoms with Gasteiger partial charge in [-0.05, 0) is 59.5 Å². The molecule has 0 aliphatic carbocycles. The molecule has 7 nitrogen and oxygen atoms in total. The molecule has 1 aliphatic heterocycles. The van der Waals surface area contributed by atoms with E-state index in [1.165, 1.54) is 43.7 Å². The Kier molecular flexibility index (Phi) is 26.1. The fourth-order valence-electron chi connectivity index (χ4n) is 3.18. The molecular weight excluding hydrogens is 430 g/mol. The largest absolute Gasteiger partial charge is 0.463 e. The van der Waals surface area contributed by atoms with E-state index in [0.29, 0.717) is 18.6 Å². The van der Waals surface area contributed by atoms with Gasteiger partial charge in [0.15, 0.2) is 0 Å². The van der Waals surface area contributed by atoms with Crippen LogP contribution >= 0.6 is 0 Å². The van der Waals surface area contributed by atoms with Crippen LogP contribution in [0.4, 0.5) is 0 Å². The van der Waals surface area contributed by atoms with E-state index in [4.69, 9.17) is 4.74 Å². The van der Waals surface area contributed by atoms with Gasteiger partial charge in [0.25, 0.3) is 0 Å². The van der Waals surface area contributed by atoms with Crippen LogP contribution in [0.1, 0.15) is 94.9 Å². The number of hydrogen-bond donors (Lipinski definition) is 1. The average Bonchev–Trinajstić information content (AvgIpc) is 2.83. The van der Waals surface area contributed by atoms with E-state index in [0.717, 1.165) is 6.04 Å². The van der Waals surface area contributed by atoms with Crippen molar-refractivity contribution in [1.82, 2.24) is 15.1 Å². The summed E-state index contributed by atoms with van der Waals surface area (Å²) < 4.78 is 4.92. The number of nitrogens with one attached hydrogen (secondary N) is 1. The van der Waals surface area contributed by atoms with Gasteiger partial charge in [-0.1, -0.05) is 60.5 Å². The summed E-state index contributed by atoms with van der Waals surface area (Å²) in [5.74, 6) is -0.474. The third kappa shape index (κ3) is 18.5. The van der Waals surface area contributed by atoms with Crippen molar-refractivity contribution in [3.05, 3.63) is 11.6 Å². The predicted octanol–water partition coefficient (Wildman–Crippen LogP) is 5.05. The van der Waals surface area contributed by atoms with Crippen molar-refractivity contribution in [2.75, 3.05) is 33.3 Å². The highest BCUT2D eigenvalue weighted by atomic mass is 16.5.